The number of halogens is 3. The van der Waals surface area contributed by atoms with E-state index in [2.05, 4.69) is 0 Å². The molecule has 0 radical (unpaired) electrons. The number of hydrogen-bond donors (Lipinski definition) is 1. The summed E-state index contributed by atoms with van der Waals surface area (Å²) in [6, 6.07) is 8.27. The van der Waals surface area contributed by atoms with Gasteiger partial charge in [0.15, 0.2) is 0 Å². The number of nitrogens with zero attached hydrogens (tertiary/aromatic N) is 1. The van der Waals surface area contributed by atoms with Gasteiger partial charge in [-0.2, -0.15) is 13.2 Å². The standard InChI is InChI=1S/C15H22F3NO/c1-4-19(10-15(16,17)18)13(11(2)3)14(20)12-8-6-5-7-9-12/h5-9,11,13-14,20H,4,10H2,1-3H3. The molecule has 2 unspecified atom stereocenters. The number of aliphatic hydroxyl groups excluding tert-OH is 1. The molecule has 0 aromatic heterocycles. The van der Waals surface area contributed by atoms with E-state index in [0.29, 0.717) is 5.56 Å². The third-order valence-corrected chi connectivity index (χ3v) is 3.36. The first-order valence-corrected chi connectivity index (χ1v) is 6.80. The highest BCUT2D eigenvalue weighted by Crippen LogP contribution is 2.29. The Bertz CT molecular complexity index is 392. The summed E-state index contributed by atoms with van der Waals surface area (Å²) in [4.78, 5) is 1.29. The highest BCUT2D eigenvalue weighted by molar-refractivity contribution is 5.19. The minimum Gasteiger partial charge on any atom is -0.387 e. The van der Waals surface area contributed by atoms with Crippen LogP contribution in [0.2, 0.25) is 0 Å². The van der Waals surface area contributed by atoms with Crippen LogP contribution in [-0.2, 0) is 0 Å². The van der Waals surface area contributed by atoms with Gasteiger partial charge in [-0.1, -0.05) is 51.1 Å². The lowest BCUT2D eigenvalue weighted by Gasteiger charge is -2.37. The van der Waals surface area contributed by atoms with Crippen molar-refractivity contribution in [3.8, 4) is 0 Å². The van der Waals surface area contributed by atoms with Crippen LogP contribution in [0.1, 0.15) is 32.4 Å². The molecule has 0 saturated carbocycles. The minimum absolute atomic E-state index is 0.0903. The fourth-order valence-corrected chi connectivity index (χ4v) is 2.49. The fraction of sp³-hybridized carbons (Fsp3) is 0.600. The van der Waals surface area contributed by atoms with Crippen molar-refractivity contribution >= 4 is 0 Å². The summed E-state index contributed by atoms with van der Waals surface area (Å²) in [6.07, 6.45) is -5.20. The third-order valence-electron chi connectivity index (χ3n) is 3.36. The lowest BCUT2D eigenvalue weighted by Crippen LogP contribution is -2.47. The average molecular weight is 289 g/mol. The van der Waals surface area contributed by atoms with Crippen molar-refractivity contribution in [3.63, 3.8) is 0 Å². The normalized spacial score (nSPS) is 15.7. The zero-order valence-electron chi connectivity index (χ0n) is 12.1. The van der Waals surface area contributed by atoms with Crippen LogP contribution in [0.4, 0.5) is 13.2 Å². The Morgan fingerprint density at radius 1 is 1.15 bits per heavy atom. The molecule has 114 valence electrons. The van der Waals surface area contributed by atoms with E-state index < -0.39 is 24.9 Å². The Morgan fingerprint density at radius 3 is 2.10 bits per heavy atom. The summed E-state index contributed by atoms with van der Waals surface area (Å²) in [6.45, 7) is 4.58. The second-order valence-electron chi connectivity index (χ2n) is 5.27. The van der Waals surface area contributed by atoms with Gasteiger partial charge in [-0.05, 0) is 18.0 Å². The lowest BCUT2D eigenvalue weighted by atomic mass is 9.92. The monoisotopic (exact) mass is 289 g/mol. The van der Waals surface area contributed by atoms with Crippen molar-refractivity contribution in [2.75, 3.05) is 13.1 Å². The van der Waals surface area contributed by atoms with E-state index in [-0.39, 0.29) is 12.5 Å². The molecule has 0 spiro atoms. The lowest BCUT2D eigenvalue weighted by molar-refractivity contribution is -0.158. The summed E-state index contributed by atoms with van der Waals surface area (Å²) >= 11 is 0. The molecule has 1 N–H and O–H groups in total. The van der Waals surface area contributed by atoms with Gasteiger partial charge >= 0.3 is 6.18 Å². The Kier molecular flexibility index (Phi) is 6.02. The van der Waals surface area contributed by atoms with Gasteiger partial charge < -0.3 is 5.11 Å². The molecule has 2 atom stereocenters. The fourth-order valence-electron chi connectivity index (χ4n) is 2.49. The zero-order chi connectivity index (χ0) is 15.3. The number of aliphatic hydroxyl groups is 1. The third kappa shape index (κ3) is 4.80. The van der Waals surface area contributed by atoms with Crippen LogP contribution in [0, 0.1) is 5.92 Å². The molecule has 1 aromatic rings. The second-order valence-corrected chi connectivity index (χ2v) is 5.27. The van der Waals surface area contributed by atoms with Crippen molar-refractivity contribution in [2.24, 2.45) is 5.92 Å². The van der Waals surface area contributed by atoms with Gasteiger partial charge in [-0.25, -0.2) is 0 Å². The maximum atomic E-state index is 12.7. The summed E-state index contributed by atoms with van der Waals surface area (Å²) in [5.74, 6) is -0.0903. The van der Waals surface area contributed by atoms with Crippen LogP contribution in [0.3, 0.4) is 0 Å². The van der Waals surface area contributed by atoms with Gasteiger partial charge in [0.05, 0.1) is 12.6 Å². The maximum absolute atomic E-state index is 12.7. The molecular weight excluding hydrogens is 267 g/mol. The average Bonchev–Trinajstić information content (AvgIpc) is 2.36. The molecule has 5 heteroatoms. The Labute approximate surface area is 118 Å². The highest BCUT2D eigenvalue weighted by Gasteiger charge is 2.37. The minimum atomic E-state index is -4.26. The van der Waals surface area contributed by atoms with E-state index in [1.807, 2.05) is 19.9 Å². The van der Waals surface area contributed by atoms with Gasteiger partial charge in [-0.15, -0.1) is 0 Å². The van der Waals surface area contributed by atoms with Crippen molar-refractivity contribution < 1.29 is 18.3 Å². The van der Waals surface area contributed by atoms with Crippen molar-refractivity contribution in [1.82, 2.24) is 4.90 Å². The summed E-state index contributed by atoms with van der Waals surface area (Å²) < 4.78 is 38.0. The van der Waals surface area contributed by atoms with Crippen LogP contribution in [0.15, 0.2) is 30.3 Å². The van der Waals surface area contributed by atoms with Crippen molar-refractivity contribution in [2.45, 2.75) is 39.1 Å². The molecule has 0 aliphatic rings. The molecular formula is C15H22F3NO. The molecule has 2 nitrogen and oxygen atoms in total. The van der Waals surface area contributed by atoms with Crippen LogP contribution >= 0.6 is 0 Å². The molecule has 20 heavy (non-hydrogen) atoms. The predicted molar refractivity (Wildman–Crippen MR) is 73.3 cm³/mol. The predicted octanol–water partition coefficient (Wildman–Crippen LogP) is 3.63. The SMILES string of the molecule is CCN(CC(F)(F)F)C(C(C)C)C(O)c1ccccc1. The maximum Gasteiger partial charge on any atom is 0.401 e. The van der Waals surface area contributed by atoms with Crippen LogP contribution in [-0.4, -0.2) is 35.3 Å². The van der Waals surface area contributed by atoms with E-state index >= 15 is 0 Å². The van der Waals surface area contributed by atoms with Gasteiger partial charge in [0.2, 0.25) is 0 Å². The Hall–Kier alpha value is -1.07. The van der Waals surface area contributed by atoms with E-state index in [9.17, 15) is 18.3 Å². The van der Waals surface area contributed by atoms with Gasteiger partial charge in [-0.3, -0.25) is 4.90 Å². The first-order valence-electron chi connectivity index (χ1n) is 6.80. The van der Waals surface area contributed by atoms with Gasteiger partial charge in [0, 0.05) is 6.04 Å². The highest BCUT2D eigenvalue weighted by atomic mass is 19.4. The van der Waals surface area contributed by atoms with Crippen molar-refractivity contribution in [3.05, 3.63) is 35.9 Å². The van der Waals surface area contributed by atoms with Crippen LogP contribution in [0.5, 0.6) is 0 Å². The molecule has 0 aliphatic heterocycles. The number of alkyl halides is 3. The summed E-state index contributed by atoms with van der Waals surface area (Å²) in [5.41, 5.74) is 0.645. The summed E-state index contributed by atoms with van der Waals surface area (Å²) in [5, 5.41) is 10.4. The van der Waals surface area contributed by atoms with Crippen LogP contribution in [0.25, 0.3) is 0 Å². The van der Waals surface area contributed by atoms with E-state index in [4.69, 9.17) is 0 Å². The topological polar surface area (TPSA) is 23.5 Å². The number of benzene rings is 1. The molecule has 1 rings (SSSR count). The van der Waals surface area contributed by atoms with Crippen molar-refractivity contribution in [1.29, 1.82) is 0 Å². The number of rotatable bonds is 6. The molecule has 0 bridgehead atoms. The number of hydrogen-bond acceptors (Lipinski definition) is 2. The van der Waals surface area contributed by atoms with Gasteiger partial charge in [0.1, 0.15) is 0 Å². The first-order chi connectivity index (χ1) is 9.26. The Morgan fingerprint density at radius 2 is 1.70 bits per heavy atom. The quantitative estimate of drug-likeness (QED) is 0.864. The van der Waals surface area contributed by atoms with E-state index in [1.54, 1.807) is 31.2 Å². The summed E-state index contributed by atoms with van der Waals surface area (Å²) in [7, 11) is 0. The van der Waals surface area contributed by atoms with Gasteiger partial charge in [0.25, 0.3) is 0 Å². The molecule has 1 aromatic carbocycles. The zero-order valence-corrected chi connectivity index (χ0v) is 12.1. The van der Waals surface area contributed by atoms with Crippen LogP contribution < -0.4 is 0 Å². The Balaban J connectivity index is 2.97. The number of likely N-dealkylation sites (N-methyl/N-ethyl adjacent to an activating group) is 1. The molecule has 0 fully saturated rings. The molecule has 0 saturated heterocycles. The molecule has 0 heterocycles. The molecule has 0 aliphatic carbocycles. The van der Waals surface area contributed by atoms with E-state index in [1.165, 1.54) is 4.90 Å². The first kappa shape index (κ1) is 17.0. The largest absolute Gasteiger partial charge is 0.401 e. The molecule has 0 amide bonds. The van der Waals surface area contributed by atoms with E-state index in [0.717, 1.165) is 0 Å². The second kappa shape index (κ2) is 7.09. The smallest absolute Gasteiger partial charge is 0.387 e.